The van der Waals surface area contributed by atoms with E-state index in [0.717, 1.165) is 24.3 Å². The second-order valence-corrected chi connectivity index (χ2v) is 5.11. The summed E-state index contributed by atoms with van der Waals surface area (Å²) in [5.74, 6) is 0.404. The molecule has 1 heterocycles. The minimum Gasteiger partial charge on any atom is -0.378 e. The molecule has 0 aliphatic rings. The summed E-state index contributed by atoms with van der Waals surface area (Å²) in [7, 11) is 3.94. The van der Waals surface area contributed by atoms with E-state index in [2.05, 4.69) is 27.5 Å². The molecule has 116 valence electrons. The third kappa shape index (κ3) is 4.18. The molecule has 0 radical (unpaired) electrons. The topological polar surface area (TPSA) is 70.2 Å². The Morgan fingerprint density at radius 3 is 2.41 bits per heavy atom. The van der Waals surface area contributed by atoms with E-state index in [1.807, 2.05) is 43.3 Å². The Labute approximate surface area is 130 Å². The van der Waals surface area contributed by atoms with Gasteiger partial charge in [0.15, 0.2) is 0 Å². The van der Waals surface area contributed by atoms with Gasteiger partial charge in [-0.2, -0.15) is 0 Å². The Hall–Kier alpha value is -2.63. The zero-order chi connectivity index (χ0) is 15.9. The molecule has 6 heteroatoms. The molecule has 22 heavy (non-hydrogen) atoms. The molecule has 0 spiro atoms. The maximum absolute atomic E-state index is 12.1. The lowest BCUT2D eigenvalue weighted by molar-refractivity contribution is 0.102. The summed E-state index contributed by atoms with van der Waals surface area (Å²) in [6, 6.07) is 7.60. The van der Waals surface area contributed by atoms with Gasteiger partial charge in [-0.3, -0.25) is 4.79 Å². The highest BCUT2D eigenvalue weighted by Gasteiger charge is 2.08. The Morgan fingerprint density at radius 2 is 1.86 bits per heavy atom. The maximum Gasteiger partial charge on any atom is 0.275 e. The first-order chi connectivity index (χ1) is 10.6. The number of rotatable bonds is 6. The van der Waals surface area contributed by atoms with Gasteiger partial charge in [0, 0.05) is 32.0 Å². The third-order valence-corrected chi connectivity index (χ3v) is 3.08. The molecule has 1 aromatic carbocycles. The number of nitrogens with one attached hydrogen (secondary N) is 2. The number of anilines is 3. The molecule has 2 aromatic rings. The molecular weight excluding hydrogens is 278 g/mol. The molecule has 2 N–H and O–H groups in total. The second-order valence-electron chi connectivity index (χ2n) is 5.11. The van der Waals surface area contributed by atoms with Crippen molar-refractivity contribution in [1.29, 1.82) is 0 Å². The largest absolute Gasteiger partial charge is 0.378 e. The van der Waals surface area contributed by atoms with Crippen LogP contribution in [0, 0.1) is 0 Å². The molecule has 1 amide bonds. The highest BCUT2D eigenvalue weighted by molar-refractivity contribution is 6.02. The molecule has 0 saturated carbocycles. The van der Waals surface area contributed by atoms with Crippen LogP contribution in [0.15, 0.2) is 36.7 Å². The average Bonchev–Trinajstić information content (AvgIpc) is 2.54. The molecule has 0 fully saturated rings. The standard InChI is InChI=1S/C16H21N5O/c1-4-9-17-15-11-18-14(10-19-15)16(22)20-12-5-7-13(8-6-12)21(2)3/h5-8,10-11H,4,9H2,1-3H3,(H,17,19)(H,20,22). The lowest BCUT2D eigenvalue weighted by Gasteiger charge is -2.13. The van der Waals surface area contributed by atoms with Gasteiger partial charge in [-0.15, -0.1) is 0 Å². The van der Waals surface area contributed by atoms with Crippen LogP contribution in [0.1, 0.15) is 23.8 Å². The number of hydrogen-bond acceptors (Lipinski definition) is 5. The van der Waals surface area contributed by atoms with Gasteiger partial charge in [-0.1, -0.05) is 6.92 Å². The van der Waals surface area contributed by atoms with Crippen molar-refractivity contribution in [2.75, 3.05) is 36.2 Å². The summed E-state index contributed by atoms with van der Waals surface area (Å²) >= 11 is 0. The zero-order valence-electron chi connectivity index (χ0n) is 13.1. The summed E-state index contributed by atoms with van der Waals surface area (Å²) < 4.78 is 0. The van der Waals surface area contributed by atoms with E-state index in [1.54, 1.807) is 6.20 Å². The van der Waals surface area contributed by atoms with Crippen LogP contribution in [-0.2, 0) is 0 Å². The minimum atomic E-state index is -0.271. The summed E-state index contributed by atoms with van der Waals surface area (Å²) in [4.78, 5) is 22.4. The van der Waals surface area contributed by atoms with Crippen molar-refractivity contribution in [3.05, 3.63) is 42.4 Å². The molecule has 2 rings (SSSR count). The van der Waals surface area contributed by atoms with Crippen molar-refractivity contribution in [3.8, 4) is 0 Å². The Bertz CT molecular complexity index is 607. The fourth-order valence-electron chi connectivity index (χ4n) is 1.83. The fraction of sp³-hybridized carbons (Fsp3) is 0.312. The monoisotopic (exact) mass is 299 g/mol. The Morgan fingerprint density at radius 1 is 1.14 bits per heavy atom. The van der Waals surface area contributed by atoms with Gasteiger partial charge >= 0.3 is 0 Å². The van der Waals surface area contributed by atoms with Crippen LogP contribution in [-0.4, -0.2) is 36.5 Å². The van der Waals surface area contributed by atoms with Gasteiger partial charge in [-0.25, -0.2) is 9.97 Å². The normalized spacial score (nSPS) is 10.1. The number of benzene rings is 1. The van der Waals surface area contributed by atoms with E-state index < -0.39 is 0 Å². The molecule has 0 aliphatic heterocycles. The SMILES string of the molecule is CCCNc1cnc(C(=O)Nc2ccc(N(C)C)cc2)cn1. The van der Waals surface area contributed by atoms with Gasteiger partial charge in [0.1, 0.15) is 11.5 Å². The van der Waals surface area contributed by atoms with Gasteiger partial charge in [0.25, 0.3) is 5.91 Å². The average molecular weight is 299 g/mol. The van der Waals surface area contributed by atoms with Crippen LogP contribution in [0.2, 0.25) is 0 Å². The Balaban J connectivity index is 1.99. The van der Waals surface area contributed by atoms with Crippen LogP contribution in [0.5, 0.6) is 0 Å². The summed E-state index contributed by atoms with van der Waals surface area (Å²) in [6.07, 6.45) is 4.05. The third-order valence-electron chi connectivity index (χ3n) is 3.08. The van der Waals surface area contributed by atoms with Crippen molar-refractivity contribution in [3.63, 3.8) is 0 Å². The van der Waals surface area contributed by atoms with Crippen LogP contribution < -0.4 is 15.5 Å². The van der Waals surface area contributed by atoms with E-state index >= 15 is 0 Å². The summed E-state index contributed by atoms with van der Waals surface area (Å²) in [6.45, 7) is 2.91. The number of amides is 1. The summed E-state index contributed by atoms with van der Waals surface area (Å²) in [5.41, 5.74) is 2.09. The van der Waals surface area contributed by atoms with Crippen molar-refractivity contribution >= 4 is 23.1 Å². The predicted octanol–water partition coefficient (Wildman–Crippen LogP) is 2.62. The van der Waals surface area contributed by atoms with Gasteiger partial charge in [0.2, 0.25) is 0 Å². The van der Waals surface area contributed by atoms with Crippen LogP contribution in [0.3, 0.4) is 0 Å². The number of hydrogen-bond donors (Lipinski definition) is 2. The van der Waals surface area contributed by atoms with E-state index in [4.69, 9.17) is 0 Å². The van der Waals surface area contributed by atoms with Gasteiger partial charge in [-0.05, 0) is 30.7 Å². The van der Waals surface area contributed by atoms with Crippen LogP contribution in [0.4, 0.5) is 17.2 Å². The Kier molecular flexibility index (Phi) is 5.30. The molecule has 0 atom stereocenters. The molecule has 0 bridgehead atoms. The van der Waals surface area contributed by atoms with Gasteiger partial charge in [0.05, 0.1) is 12.4 Å². The highest BCUT2D eigenvalue weighted by atomic mass is 16.1. The van der Waals surface area contributed by atoms with Crippen LogP contribution in [0.25, 0.3) is 0 Å². The van der Waals surface area contributed by atoms with E-state index in [9.17, 15) is 4.79 Å². The smallest absolute Gasteiger partial charge is 0.275 e. The first kappa shape index (κ1) is 15.8. The second kappa shape index (κ2) is 7.40. The lowest BCUT2D eigenvalue weighted by Crippen LogP contribution is -2.15. The number of nitrogens with zero attached hydrogens (tertiary/aromatic N) is 3. The highest BCUT2D eigenvalue weighted by Crippen LogP contribution is 2.16. The lowest BCUT2D eigenvalue weighted by atomic mass is 10.2. The molecular formula is C16H21N5O. The predicted molar refractivity (Wildman–Crippen MR) is 89.5 cm³/mol. The molecule has 0 aliphatic carbocycles. The molecule has 0 unspecified atom stereocenters. The van der Waals surface area contributed by atoms with Crippen molar-refractivity contribution in [2.24, 2.45) is 0 Å². The first-order valence-corrected chi connectivity index (χ1v) is 7.25. The minimum absolute atomic E-state index is 0.271. The van der Waals surface area contributed by atoms with Crippen molar-refractivity contribution < 1.29 is 4.79 Å². The fourth-order valence-corrected chi connectivity index (χ4v) is 1.83. The van der Waals surface area contributed by atoms with Crippen molar-refractivity contribution in [2.45, 2.75) is 13.3 Å². The number of carbonyl (C=O) groups excluding carboxylic acids is 1. The van der Waals surface area contributed by atoms with E-state index in [-0.39, 0.29) is 5.91 Å². The quantitative estimate of drug-likeness (QED) is 0.858. The van der Waals surface area contributed by atoms with Crippen LogP contribution >= 0.6 is 0 Å². The van der Waals surface area contributed by atoms with Gasteiger partial charge < -0.3 is 15.5 Å². The van der Waals surface area contributed by atoms with E-state index in [0.29, 0.717) is 11.5 Å². The zero-order valence-corrected chi connectivity index (χ0v) is 13.1. The molecule has 1 aromatic heterocycles. The number of carbonyl (C=O) groups is 1. The first-order valence-electron chi connectivity index (χ1n) is 7.25. The van der Waals surface area contributed by atoms with E-state index in [1.165, 1.54) is 6.20 Å². The summed E-state index contributed by atoms with van der Waals surface area (Å²) in [5, 5.41) is 5.92. The molecule has 6 nitrogen and oxygen atoms in total. The molecule has 0 saturated heterocycles. The number of aromatic nitrogens is 2. The van der Waals surface area contributed by atoms with Crippen molar-refractivity contribution in [1.82, 2.24) is 9.97 Å². The maximum atomic E-state index is 12.1.